The summed E-state index contributed by atoms with van der Waals surface area (Å²) in [6, 6.07) is 2.07. The number of halogens is 2. The molecule has 2 rings (SSSR count). The Morgan fingerprint density at radius 1 is 1.39 bits per heavy atom. The first-order chi connectivity index (χ1) is 8.47. The zero-order valence-electron chi connectivity index (χ0n) is 9.20. The summed E-state index contributed by atoms with van der Waals surface area (Å²) >= 11 is 0.999. The van der Waals surface area contributed by atoms with Crippen molar-refractivity contribution < 1.29 is 18.7 Å². The number of carbonyl (C=O) groups is 1. The number of rotatable bonds is 3. The molecule has 18 heavy (non-hydrogen) atoms. The van der Waals surface area contributed by atoms with E-state index in [1.807, 2.05) is 0 Å². The van der Waals surface area contributed by atoms with Gasteiger partial charge in [-0.25, -0.2) is 18.6 Å². The number of carboxylic acids is 1. The molecule has 0 bridgehead atoms. The number of hydrogen-bond acceptors (Lipinski definition) is 4. The Kier molecular flexibility index (Phi) is 3.24. The minimum atomic E-state index is -1.17. The number of aromatic carboxylic acids is 1. The van der Waals surface area contributed by atoms with Crippen molar-refractivity contribution in [1.29, 1.82) is 0 Å². The molecule has 0 saturated carbocycles. The van der Waals surface area contributed by atoms with E-state index in [-0.39, 0.29) is 22.1 Å². The van der Waals surface area contributed by atoms with Gasteiger partial charge in [-0.15, -0.1) is 11.3 Å². The predicted octanol–water partition coefficient (Wildman–Crippen LogP) is 3.17. The van der Waals surface area contributed by atoms with Gasteiger partial charge in [0.25, 0.3) is 0 Å². The maximum Gasteiger partial charge on any atom is 0.355 e. The third-order valence-corrected chi connectivity index (χ3v) is 2.97. The molecule has 4 nitrogen and oxygen atoms in total. The highest BCUT2D eigenvalue weighted by molar-refractivity contribution is 7.14. The van der Waals surface area contributed by atoms with Crippen molar-refractivity contribution in [3.05, 3.63) is 40.4 Å². The summed E-state index contributed by atoms with van der Waals surface area (Å²) in [5.74, 6) is -2.34. The van der Waals surface area contributed by atoms with Crippen LogP contribution in [0.3, 0.4) is 0 Å². The van der Waals surface area contributed by atoms with Crippen molar-refractivity contribution >= 4 is 28.1 Å². The first-order valence-electron chi connectivity index (χ1n) is 4.89. The Balaban J connectivity index is 2.28. The fraction of sp³-hybridized carbons (Fsp3) is 0.0909. The SMILES string of the molecule is Cc1cc(F)c(Nc2nc(C(=O)O)cs2)cc1F. The third-order valence-electron chi connectivity index (χ3n) is 2.21. The second-order valence-corrected chi connectivity index (χ2v) is 4.41. The summed E-state index contributed by atoms with van der Waals surface area (Å²) in [6.07, 6.45) is 0. The van der Waals surface area contributed by atoms with Crippen LogP contribution in [0.15, 0.2) is 17.5 Å². The Morgan fingerprint density at radius 3 is 2.72 bits per heavy atom. The van der Waals surface area contributed by atoms with Gasteiger partial charge in [-0.1, -0.05) is 0 Å². The standard InChI is InChI=1S/C11H8F2N2O2S/c1-5-2-7(13)8(3-6(5)12)14-11-15-9(4-18-11)10(16)17/h2-4H,1H3,(H,14,15)(H,16,17). The number of carboxylic acid groups (broad SMARTS) is 1. The largest absolute Gasteiger partial charge is 0.476 e. The van der Waals surface area contributed by atoms with E-state index < -0.39 is 17.6 Å². The number of benzene rings is 1. The molecule has 2 aromatic rings. The molecule has 1 aromatic carbocycles. The molecular formula is C11H8F2N2O2S. The van der Waals surface area contributed by atoms with E-state index in [0.29, 0.717) is 0 Å². The number of aryl methyl sites for hydroxylation is 1. The highest BCUT2D eigenvalue weighted by Crippen LogP contribution is 2.25. The second kappa shape index (κ2) is 4.69. The van der Waals surface area contributed by atoms with Crippen molar-refractivity contribution in [3.8, 4) is 0 Å². The quantitative estimate of drug-likeness (QED) is 0.899. The molecule has 94 valence electrons. The van der Waals surface area contributed by atoms with Crippen LogP contribution in [0.25, 0.3) is 0 Å². The normalized spacial score (nSPS) is 10.4. The number of hydrogen-bond donors (Lipinski definition) is 2. The van der Waals surface area contributed by atoms with Crippen LogP contribution in [-0.4, -0.2) is 16.1 Å². The molecular weight excluding hydrogens is 262 g/mol. The summed E-state index contributed by atoms with van der Waals surface area (Å²) in [4.78, 5) is 14.3. The number of nitrogens with zero attached hydrogens (tertiary/aromatic N) is 1. The maximum absolute atomic E-state index is 13.5. The van der Waals surface area contributed by atoms with Gasteiger partial charge in [0.2, 0.25) is 0 Å². The molecule has 1 aromatic heterocycles. The lowest BCUT2D eigenvalue weighted by atomic mass is 10.2. The minimum Gasteiger partial charge on any atom is -0.476 e. The topological polar surface area (TPSA) is 62.2 Å². The van der Waals surface area contributed by atoms with Crippen LogP contribution < -0.4 is 5.32 Å². The second-order valence-electron chi connectivity index (χ2n) is 3.55. The Hall–Kier alpha value is -2.02. The highest BCUT2D eigenvalue weighted by Gasteiger charge is 2.12. The molecule has 0 saturated heterocycles. The van der Waals surface area contributed by atoms with Crippen molar-refractivity contribution in [2.75, 3.05) is 5.32 Å². The third kappa shape index (κ3) is 2.45. The maximum atomic E-state index is 13.5. The summed E-state index contributed by atoms with van der Waals surface area (Å²) in [7, 11) is 0. The molecule has 7 heteroatoms. The van der Waals surface area contributed by atoms with Crippen LogP contribution in [0.5, 0.6) is 0 Å². The van der Waals surface area contributed by atoms with Gasteiger partial charge in [-0.05, 0) is 18.6 Å². The van der Waals surface area contributed by atoms with Crippen LogP contribution in [-0.2, 0) is 0 Å². The molecule has 0 aliphatic carbocycles. The van der Waals surface area contributed by atoms with Crippen molar-refractivity contribution in [1.82, 2.24) is 4.98 Å². The van der Waals surface area contributed by atoms with Gasteiger partial charge in [0.15, 0.2) is 10.8 Å². The van der Waals surface area contributed by atoms with E-state index >= 15 is 0 Å². The van der Waals surface area contributed by atoms with Crippen LogP contribution in [0, 0.1) is 18.6 Å². The lowest BCUT2D eigenvalue weighted by Crippen LogP contribution is -1.99. The van der Waals surface area contributed by atoms with E-state index in [1.54, 1.807) is 0 Å². The molecule has 0 spiro atoms. The first-order valence-corrected chi connectivity index (χ1v) is 5.77. The van der Waals surface area contributed by atoms with Gasteiger partial charge in [-0.3, -0.25) is 0 Å². The molecule has 0 fully saturated rings. The van der Waals surface area contributed by atoms with Gasteiger partial charge >= 0.3 is 5.97 Å². The van der Waals surface area contributed by atoms with Crippen LogP contribution >= 0.6 is 11.3 Å². The fourth-order valence-electron chi connectivity index (χ4n) is 1.29. The molecule has 0 atom stereocenters. The molecule has 0 aliphatic heterocycles. The van der Waals surface area contributed by atoms with Crippen LogP contribution in [0.2, 0.25) is 0 Å². The Labute approximate surface area is 105 Å². The van der Waals surface area contributed by atoms with E-state index in [4.69, 9.17) is 5.11 Å². The molecule has 2 N–H and O–H groups in total. The summed E-state index contributed by atoms with van der Waals surface area (Å²) in [5, 5.41) is 12.7. The number of anilines is 2. The van der Waals surface area contributed by atoms with E-state index in [9.17, 15) is 13.6 Å². The Bertz CT molecular complexity index is 613. The van der Waals surface area contributed by atoms with Gasteiger partial charge < -0.3 is 10.4 Å². The molecule has 0 aliphatic rings. The predicted molar refractivity (Wildman–Crippen MR) is 63.5 cm³/mol. The first kappa shape index (κ1) is 12.4. The van der Waals surface area contributed by atoms with Crippen molar-refractivity contribution in [2.24, 2.45) is 0 Å². The highest BCUT2D eigenvalue weighted by atomic mass is 32.1. The molecule has 0 radical (unpaired) electrons. The molecule has 0 unspecified atom stereocenters. The van der Waals surface area contributed by atoms with Gasteiger partial charge in [-0.2, -0.15) is 0 Å². The van der Waals surface area contributed by atoms with E-state index in [2.05, 4.69) is 10.3 Å². The zero-order valence-corrected chi connectivity index (χ0v) is 10.0. The fourth-order valence-corrected chi connectivity index (χ4v) is 1.98. The average Bonchev–Trinajstić information content (AvgIpc) is 2.74. The van der Waals surface area contributed by atoms with Gasteiger partial charge in [0, 0.05) is 11.4 Å². The Morgan fingerprint density at radius 2 is 2.11 bits per heavy atom. The van der Waals surface area contributed by atoms with E-state index in [0.717, 1.165) is 23.5 Å². The van der Waals surface area contributed by atoms with Crippen molar-refractivity contribution in [2.45, 2.75) is 6.92 Å². The van der Waals surface area contributed by atoms with Crippen molar-refractivity contribution in [3.63, 3.8) is 0 Å². The zero-order chi connectivity index (χ0) is 13.3. The average molecular weight is 270 g/mol. The summed E-state index contributed by atoms with van der Waals surface area (Å²) < 4.78 is 26.8. The van der Waals surface area contributed by atoms with Crippen LogP contribution in [0.4, 0.5) is 19.6 Å². The summed E-state index contributed by atoms with van der Waals surface area (Å²) in [6.45, 7) is 1.45. The van der Waals surface area contributed by atoms with E-state index in [1.165, 1.54) is 12.3 Å². The number of nitrogens with one attached hydrogen (secondary N) is 1. The van der Waals surface area contributed by atoms with Gasteiger partial charge in [0.1, 0.15) is 11.6 Å². The lowest BCUT2D eigenvalue weighted by Gasteiger charge is -2.05. The monoisotopic (exact) mass is 270 g/mol. The van der Waals surface area contributed by atoms with Crippen LogP contribution in [0.1, 0.15) is 16.1 Å². The number of aromatic nitrogens is 1. The number of thiazole rings is 1. The smallest absolute Gasteiger partial charge is 0.355 e. The van der Waals surface area contributed by atoms with Gasteiger partial charge in [0.05, 0.1) is 5.69 Å². The molecule has 0 amide bonds. The molecule has 1 heterocycles. The lowest BCUT2D eigenvalue weighted by molar-refractivity contribution is 0.0691. The minimum absolute atomic E-state index is 0.0793. The summed E-state index contributed by atoms with van der Waals surface area (Å²) in [5.41, 5.74) is -0.0247.